The lowest BCUT2D eigenvalue weighted by Gasteiger charge is -1.95. The summed E-state index contributed by atoms with van der Waals surface area (Å²) in [6.45, 7) is 0. The summed E-state index contributed by atoms with van der Waals surface area (Å²) in [6.07, 6.45) is 1.09. The molecule has 9 heavy (non-hydrogen) atoms. The van der Waals surface area contributed by atoms with Gasteiger partial charge in [-0.25, -0.2) is 0 Å². The third-order valence-corrected chi connectivity index (χ3v) is 0.758. The molecule has 0 aromatic heterocycles. The molecule has 50 valence electrons. The van der Waals surface area contributed by atoms with E-state index in [4.69, 9.17) is 16.4 Å². The second-order valence-corrected chi connectivity index (χ2v) is 1.48. The van der Waals surface area contributed by atoms with E-state index in [0.717, 1.165) is 6.21 Å². The number of nitrogens with two attached hydrogens (primary N) is 1. The first kappa shape index (κ1) is 7.81. The highest BCUT2D eigenvalue weighted by Crippen LogP contribution is 1.80. The van der Waals surface area contributed by atoms with E-state index in [-0.39, 0.29) is 6.42 Å². The second kappa shape index (κ2) is 3.77. The predicted octanol–water partition coefficient (Wildman–Crippen LogP) is -0.911. The summed E-state index contributed by atoms with van der Waals surface area (Å²) in [6, 6.07) is -0.971. The fourth-order valence-electron chi connectivity index (χ4n) is 0.262. The van der Waals surface area contributed by atoms with E-state index >= 15 is 0 Å². The zero-order valence-electron chi connectivity index (χ0n) is 4.69. The van der Waals surface area contributed by atoms with Crippen molar-refractivity contribution in [1.82, 2.24) is 0 Å². The molecule has 0 fully saturated rings. The fraction of sp³-hybridized carbons (Fsp3) is 0.500. The highest BCUT2D eigenvalue weighted by Gasteiger charge is 2.10. The minimum absolute atomic E-state index is 0.0475. The molecule has 0 rings (SSSR count). The van der Waals surface area contributed by atoms with Crippen molar-refractivity contribution < 1.29 is 14.7 Å². The Balaban J connectivity index is 3.63. The standard InChI is InChI=1S/C4H7N3O2/c5-3(4(8)9)1-2-7-6/h2-3H,1,5H2,(H,8,9). The van der Waals surface area contributed by atoms with Crippen LogP contribution in [-0.4, -0.2) is 28.1 Å². The molecule has 5 nitrogen and oxygen atoms in total. The van der Waals surface area contributed by atoms with E-state index in [2.05, 4.69) is 4.79 Å². The summed E-state index contributed by atoms with van der Waals surface area (Å²) < 4.78 is 0. The van der Waals surface area contributed by atoms with E-state index in [9.17, 15) is 4.79 Å². The van der Waals surface area contributed by atoms with Crippen LogP contribution in [0.15, 0.2) is 0 Å². The molecule has 1 atom stereocenters. The molecule has 5 heteroatoms. The van der Waals surface area contributed by atoms with Gasteiger partial charge in [-0.3, -0.25) is 4.79 Å². The molecule has 0 spiro atoms. The zero-order chi connectivity index (χ0) is 7.28. The normalized spacial score (nSPS) is 11.7. The fourth-order valence-corrected chi connectivity index (χ4v) is 0.262. The maximum Gasteiger partial charge on any atom is 0.321 e. The molecule has 0 saturated heterocycles. The smallest absolute Gasteiger partial charge is 0.321 e. The Labute approximate surface area is 51.7 Å². The van der Waals surface area contributed by atoms with Gasteiger partial charge in [0.05, 0.1) is 6.42 Å². The summed E-state index contributed by atoms with van der Waals surface area (Å²) in [4.78, 5) is 12.5. The van der Waals surface area contributed by atoms with Crippen molar-refractivity contribution in [3.05, 3.63) is 5.53 Å². The van der Waals surface area contributed by atoms with Crippen LogP contribution in [0.3, 0.4) is 0 Å². The highest BCUT2D eigenvalue weighted by atomic mass is 16.4. The topological polar surface area (TPSA) is 99.7 Å². The maximum absolute atomic E-state index is 9.94. The van der Waals surface area contributed by atoms with Gasteiger partial charge in [0.25, 0.3) is 6.21 Å². The number of carbonyl (C=O) groups is 1. The molecule has 0 aromatic carbocycles. The van der Waals surface area contributed by atoms with Crippen molar-refractivity contribution in [3.63, 3.8) is 0 Å². The van der Waals surface area contributed by atoms with Crippen molar-refractivity contribution in [2.75, 3.05) is 0 Å². The molecule has 0 aliphatic heterocycles. The van der Waals surface area contributed by atoms with Gasteiger partial charge in [-0.05, 0) is 0 Å². The largest absolute Gasteiger partial charge is 0.480 e. The molecule has 1 unspecified atom stereocenters. The molecule has 0 saturated carbocycles. The first-order chi connectivity index (χ1) is 4.18. The van der Waals surface area contributed by atoms with Gasteiger partial charge in [-0.2, -0.15) is 4.79 Å². The number of nitrogens with zero attached hydrogens (tertiary/aromatic N) is 2. The maximum atomic E-state index is 9.94. The average molecular weight is 129 g/mol. The van der Waals surface area contributed by atoms with Crippen molar-refractivity contribution in [1.29, 1.82) is 0 Å². The monoisotopic (exact) mass is 129 g/mol. The lowest BCUT2D eigenvalue weighted by Crippen LogP contribution is -2.30. The van der Waals surface area contributed by atoms with Crippen LogP contribution in [0.4, 0.5) is 0 Å². The third kappa shape index (κ3) is 3.40. The summed E-state index contributed by atoms with van der Waals surface area (Å²) in [5.41, 5.74) is 12.8. The number of hydrogen-bond acceptors (Lipinski definition) is 2. The van der Waals surface area contributed by atoms with Crippen LogP contribution in [0.1, 0.15) is 6.42 Å². The molecule has 0 amide bonds. The van der Waals surface area contributed by atoms with Crippen molar-refractivity contribution >= 4 is 12.2 Å². The Morgan fingerprint density at radius 3 is 2.89 bits per heavy atom. The second-order valence-electron chi connectivity index (χ2n) is 1.48. The zero-order valence-corrected chi connectivity index (χ0v) is 4.69. The molecule has 0 radical (unpaired) electrons. The quantitative estimate of drug-likeness (QED) is 0.293. The Hall–Kier alpha value is -1.19. The lowest BCUT2D eigenvalue weighted by atomic mass is 10.2. The minimum atomic E-state index is -1.10. The number of carboxylic acid groups (broad SMARTS) is 1. The Bertz CT molecular complexity index is 150. The molecular formula is C4H7N3O2. The molecular weight excluding hydrogens is 122 g/mol. The van der Waals surface area contributed by atoms with Gasteiger partial charge < -0.3 is 16.4 Å². The van der Waals surface area contributed by atoms with E-state index in [1.54, 1.807) is 0 Å². The van der Waals surface area contributed by atoms with E-state index in [0.29, 0.717) is 0 Å². The number of rotatable bonds is 3. The Morgan fingerprint density at radius 1 is 2.00 bits per heavy atom. The first-order valence-electron chi connectivity index (χ1n) is 2.32. The van der Waals surface area contributed by atoms with E-state index in [1.165, 1.54) is 0 Å². The molecule has 0 heterocycles. The molecule has 0 aliphatic rings. The van der Waals surface area contributed by atoms with Gasteiger partial charge in [0.2, 0.25) is 0 Å². The van der Waals surface area contributed by atoms with E-state index < -0.39 is 12.0 Å². The molecule has 0 bridgehead atoms. The van der Waals surface area contributed by atoms with Crippen LogP contribution in [0.2, 0.25) is 0 Å². The van der Waals surface area contributed by atoms with E-state index in [1.807, 2.05) is 0 Å². The summed E-state index contributed by atoms with van der Waals surface area (Å²) in [5, 5.41) is 8.14. The molecule has 0 aromatic rings. The summed E-state index contributed by atoms with van der Waals surface area (Å²) >= 11 is 0. The van der Waals surface area contributed by atoms with Gasteiger partial charge in [-0.1, -0.05) is 0 Å². The van der Waals surface area contributed by atoms with Gasteiger partial charge in [0.15, 0.2) is 0 Å². The van der Waals surface area contributed by atoms with Crippen LogP contribution >= 0.6 is 0 Å². The number of carboxylic acids is 1. The minimum Gasteiger partial charge on any atom is -0.480 e. The molecule has 0 aliphatic carbocycles. The first-order valence-corrected chi connectivity index (χ1v) is 2.32. The highest BCUT2D eigenvalue weighted by molar-refractivity contribution is 5.76. The van der Waals surface area contributed by atoms with Crippen LogP contribution in [0.5, 0.6) is 0 Å². The van der Waals surface area contributed by atoms with Crippen LogP contribution in [0, 0.1) is 0 Å². The van der Waals surface area contributed by atoms with Crippen molar-refractivity contribution in [2.24, 2.45) is 5.73 Å². The van der Waals surface area contributed by atoms with Crippen LogP contribution in [-0.2, 0) is 4.79 Å². The van der Waals surface area contributed by atoms with Crippen LogP contribution < -0.4 is 5.73 Å². The van der Waals surface area contributed by atoms with Gasteiger partial charge in [-0.15, -0.1) is 0 Å². The number of aliphatic carboxylic acids is 1. The predicted molar refractivity (Wildman–Crippen MR) is 29.9 cm³/mol. The molecule has 3 N–H and O–H groups in total. The van der Waals surface area contributed by atoms with Crippen molar-refractivity contribution in [3.8, 4) is 0 Å². The average Bonchev–Trinajstić information content (AvgIpc) is 1.82. The van der Waals surface area contributed by atoms with Gasteiger partial charge >= 0.3 is 5.97 Å². The Kier molecular flexibility index (Phi) is 3.27. The SMILES string of the molecule is [N-]=[N+]=CCC(N)C(=O)O. The van der Waals surface area contributed by atoms with Crippen molar-refractivity contribution in [2.45, 2.75) is 12.5 Å². The summed E-state index contributed by atoms with van der Waals surface area (Å²) in [7, 11) is 0. The lowest BCUT2D eigenvalue weighted by molar-refractivity contribution is -0.138. The Morgan fingerprint density at radius 2 is 2.56 bits per heavy atom. The van der Waals surface area contributed by atoms with Gasteiger partial charge in [0, 0.05) is 0 Å². The van der Waals surface area contributed by atoms with Crippen LogP contribution in [0.25, 0.3) is 5.53 Å². The summed E-state index contributed by atoms with van der Waals surface area (Å²) in [5.74, 6) is -1.10. The van der Waals surface area contributed by atoms with Gasteiger partial charge in [0.1, 0.15) is 6.04 Å². The third-order valence-electron chi connectivity index (χ3n) is 0.758. The number of hydrogen-bond donors (Lipinski definition) is 2.